The number of rotatable bonds is 9. The van der Waals surface area contributed by atoms with Gasteiger partial charge >= 0.3 is 0 Å². The Bertz CT molecular complexity index is 2060. The van der Waals surface area contributed by atoms with E-state index in [2.05, 4.69) is 54.9 Å². The van der Waals surface area contributed by atoms with Gasteiger partial charge in [0.2, 0.25) is 5.91 Å². The summed E-state index contributed by atoms with van der Waals surface area (Å²) in [6, 6.07) is 20.4. The summed E-state index contributed by atoms with van der Waals surface area (Å²) in [4.78, 5) is 38.2. The lowest BCUT2D eigenvalue weighted by Crippen LogP contribution is -2.37. The van der Waals surface area contributed by atoms with E-state index in [0.29, 0.717) is 29.4 Å². The number of methoxy groups -OCH3 is 1. The molecule has 2 amide bonds. The first-order valence-electron chi connectivity index (χ1n) is 16.4. The molecule has 2 aromatic carbocycles. The molecular formula is C37H38N8O3. The predicted molar refractivity (Wildman–Crippen MR) is 183 cm³/mol. The highest BCUT2D eigenvalue weighted by atomic mass is 16.5. The number of para-hydroxylation sites is 1. The Labute approximate surface area is 278 Å². The molecule has 2 aliphatic carbocycles. The maximum atomic E-state index is 12.5. The van der Waals surface area contributed by atoms with Crippen LogP contribution in [0.1, 0.15) is 53.0 Å². The molecule has 0 unspecified atom stereocenters. The molecule has 2 saturated carbocycles. The van der Waals surface area contributed by atoms with Crippen LogP contribution in [-0.4, -0.2) is 68.9 Å². The second-order valence-electron chi connectivity index (χ2n) is 13.4. The van der Waals surface area contributed by atoms with Gasteiger partial charge in [-0.05, 0) is 60.6 Å². The van der Waals surface area contributed by atoms with Crippen LogP contribution in [0, 0.1) is 5.92 Å². The summed E-state index contributed by atoms with van der Waals surface area (Å²) >= 11 is 0. The van der Waals surface area contributed by atoms with Gasteiger partial charge in [-0.1, -0.05) is 36.4 Å². The third-order valence-electron chi connectivity index (χ3n) is 9.63. The van der Waals surface area contributed by atoms with Crippen LogP contribution in [0.5, 0.6) is 5.75 Å². The monoisotopic (exact) mass is 642 g/mol. The first kappa shape index (κ1) is 30.1. The van der Waals surface area contributed by atoms with E-state index in [1.54, 1.807) is 49.1 Å². The van der Waals surface area contributed by atoms with Crippen LogP contribution in [-0.2, 0) is 23.3 Å². The quantitative estimate of drug-likeness (QED) is 0.212. The Morgan fingerprint density at radius 1 is 1.04 bits per heavy atom. The fraction of sp³-hybridized carbons (Fsp3) is 0.324. The van der Waals surface area contributed by atoms with Crippen LogP contribution in [0.4, 0.5) is 17.2 Å². The van der Waals surface area contributed by atoms with Gasteiger partial charge in [-0.2, -0.15) is 0 Å². The van der Waals surface area contributed by atoms with Gasteiger partial charge in [-0.25, -0.2) is 14.5 Å². The molecule has 244 valence electrons. The summed E-state index contributed by atoms with van der Waals surface area (Å²) < 4.78 is 7.72. The van der Waals surface area contributed by atoms with Gasteiger partial charge in [0.1, 0.15) is 11.4 Å². The fourth-order valence-corrected chi connectivity index (χ4v) is 6.89. The van der Waals surface area contributed by atoms with Gasteiger partial charge < -0.3 is 20.3 Å². The molecule has 11 heteroatoms. The summed E-state index contributed by atoms with van der Waals surface area (Å²) in [5.74, 6) is 1.18. The van der Waals surface area contributed by atoms with Crippen LogP contribution < -0.4 is 15.4 Å². The number of hydrogen-bond acceptors (Lipinski definition) is 8. The number of pyridine rings is 1. The Morgan fingerprint density at radius 3 is 2.65 bits per heavy atom. The third kappa shape index (κ3) is 5.64. The highest BCUT2D eigenvalue weighted by Crippen LogP contribution is 2.53. The van der Waals surface area contributed by atoms with Gasteiger partial charge in [0.25, 0.3) is 5.91 Å². The first-order chi connectivity index (χ1) is 23.3. The van der Waals surface area contributed by atoms with Crippen molar-refractivity contribution in [3.8, 4) is 16.9 Å². The minimum absolute atomic E-state index is 0.00109. The topological polar surface area (TPSA) is 117 Å². The molecule has 1 aliphatic heterocycles. The minimum atomic E-state index is -0.0839. The molecule has 0 radical (unpaired) electrons. The summed E-state index contributed by atoms with van der Waals surface area (Å²) in [6.07, 6.45) is 7.59. The van der Waals surface area contributed by atoms with Crippen molar-refractivity contribution < 1.29 is 14.3 Å². The molecule has 3 aromatic heterocycles. The van der Waals surface area contributed by atoms with E-state index in [0.717, 1.165) is 67.0 Å². The van der Waals surface area contributed by atoms with E-state index in [9.17, 15) is 9.59 Å². The molecular weight excluding hydrogens is 604 g/mol. The molecule has 11 nitrogen and oxygen atoms in total. The lowest BCUT2D eigenvalue weighted by atomic mass is 9.84. The Morgan fingerprint density at radius 2 is 1.88 bits per heavy atom. The number of ether oxygens (including phenoxy) is 1. The number of carbonyl (C=O) groups excluding carboxylic acids is 2. The highest BCUT2D eigenvalue weighted by molar-refractivity contribution is 5.94. The smallest absolute Gasteiger partial charge is 0.271 e. The van der Waals surface area contributed by atoms with Gasteiger partial charge in [0.05, 0.1) is 24.2 Å². The van der Waals surface area contributed by atoms with Crippen LogP contribution >= 0.6 is 0 Å². The van der Waals surface area contributed by atoms with Crippen LogP contribution in [0.2, 0.25) is 0 Å². The third-order valence-corrected chi connectivity index (χ3v) is 9.63. The molecule has 8 rings (SSSR count). The first-order valence-corrected chi connectivity index (χ1v) is 16.4. The number of anilines is 3. The van der Waals surface area contributed by atoms with Crippen molar-refractivity contribution >= 4 is 34.7 Å². The average Bonchev–Trinajstić information content (AvgIpc) is 4.02. The van der Waals surface area contributed by atoms with E-state index < -0.39 is 0 Å². The number of hydrogen-bond donors (Lipinski definition) is 2. The number of aromatic nitrogens is 4. The normalized spacial score (nSPS) is 16.4. The molecule has 1 spiro atoms. The predicted octanol–water partition coefficient (Wildman–Crippen LogP) is 5.64. The maximum Gasteiger partial charge on any atom is 0.271 e. The highest BCUT2D eigenvalue weighted by Gasteiger charge is 2.49. The molecule has 4 heterocycles. The van der Waals surface area contributed by atoms with E-state index in [-0.39, 0.29) is 23.1 Å². The molecule has 0 saturated heterocycles. The van der Waals surface area contributed by atoms with Crippen molar-refractivity contribution in [1.82, 2.24) is 29.4 Å². The molecule has 0 atom stereocenters. The second kappa shape index (κ2) is 11.7. The molecule has 5 aromatic rings. The second-order valence-corrected chi connectivity index (χ2v) is 13.4. The Hall–Kier alpha value is -5.29. The number of imidazole rings is 1. The molecule has 2 fully saturated rings. The number of benzene rings is 2. The van der Waals surface area contributed by atoms with E-state index in [4.69, 9.17) is 4.74 Å². The van der Waals surface area contributed by atoms with Crippen molar-refractivity contribution in [2.45, 2.75) is 44.2 Å². The summed E-state index contributed by atoms with van der Waals surface area (Å²) in [5.41, 5.74) is 8.48. The lowest BCUT2D eigenvalue weighted by molar-refractivity contribution is -0.117. The largest absolute Gasteiger partial charge is 0.494 e. The van der Waals surface area contributed by atoms with Gasteiger partial charge in [0, 0.05) is 69.1 Å². The van der Waals surface area contributed by atoms with E-state index in [1.165, 1.54) is 11.1 Å². The van der Waals surface area contributed by atoms with Crippen molar-refractivity contribution in [3.63, 3.8) is 0 Å². The lowest BCUT2D eigenvalue weighted by Gasteiger charge is -2.35. The van der Waals surface area contributed by atoms with Crippen LogP contribution in [0.25, 0.3) is 16.8 Å². The fourth-order valence-electron chi connectivity index (χ4n) is 6.89. The van der Waals surface area contributed by atoms with Crippen LogP contribution in [0.3, 0.4) is 0 Å². The number of nitrogens with zero attached hydrogens (tertiary/aromatic N) is 6. The van der Waals surface area contributed by atoms with Gasteiger partial charge in [0.15, 0.2) is 11.5 Å². The number of amides is 2. The van der Waals surface area contributed by atoms with Crippen molar-refractivity contribution in [2.24, 2.45) is 5.92 Å². The molecule has 48 heavy (non-hydrogen) atoms. The summed E-state index contributed by atoms with van der Waals surface area (Å²) in [7, 11) is 5.19. The molecule has 3 aliphatic rings. The van der Waals surface area contributed by atoms with Crippen LogP contribution in [0.15, 0.2) is 73.1 Å². The minimum Gasteiger partial charge on any atom is -0.494 e. The van der Waals surface area contributed by atoms with Gasteiger partial charge in [-0.3, -0.25) is 14.5 Å². The zero-order valence-electron chi connectivity index (χ0n) is 27.4. The Balaban J connectivity index is 1.07. The number of nitrogens with one attached hydrogen (secondary N) is 2. The summed E-state index contributed by atoms with van der Waals surface area (Å²) in [6.45, 7) is 2.48. The van der Waals surface area contributed by atoms with Gasteiger partial charge in [-0.15, -0.1) is 5.10 Å². The zero-order chi connectivity index (χ0) is 33.0. The molecule has 2 N–H and O–H groups in total. The number of fused-ring (bicyclic) bond motifs is 3. The SMILES string of the molecule is COc1c(Nc2cc(NC(=O)C3CC3)nn3ccnc23)cccc1-c1ccc2c(c1)C1(CC1)CN(Cc1cccc(C(=O)N(C)C)n1)C2. The number of carbonyl (C=O) groups is 2. The maximum absolute atomic E-state index is 12.5. The molecule has 0 bridgehead atoms. The average molecular weight is 643 g/mol. The van der Waals surface area contributed by atoms with Crippen molar-refractivity contribution in [2.75, 3.05) is 38.4 Å². The zero-order valence-corrected chi connectivity index (χ0v) is 27.4. The van der Waals surface area contributed by atoms with Crippen molar-refractivity contribution in [3.05, 3.63) is 95.6 Å². The van der Waals surface area contributed by atoms with Crippen molar-refractivity contribution in [1.29, 1.82) is 0 Å². The Kier molecular flexibility index (Phi) is 7.36. The van der Waals surface area contributed by atoms with E-state index in [1.807, 2.05) is 30.3 Å². The standard InChI is InChI=1S/C37H38N8O3/c1-43(2)36(47)30-9-4-6-26(39-30)21-44-20-25-13-12-24(18-28(25)37(22-44)14-15-37)27-7-5-8-29(33(27)48-3)40-31-19-32(41-35(46)23-10-11-23)42-45-17-16-38-34(31)45/h4-9,12-13,16-19,23,40H,10-11,14-15,20-22H2,1-3H3,(H,41,42,46). The van der Waals surface area contributed by atoms with E-state index >= 15 is 0 Å². The summed E-state index contributed by atoms with van der Waals surface area (Å²) in [5, 5.41) is 11.0.